The summed E-state index contributed by atoms with van der Waals surface area (Å²) in [4.78, 5) is 12.1. The van der Waals surface area contributed by atoms with E-state index in [9.17, 15) is 10.1 Å². The SMILES string of the molecule is N#Cc1cccc(CC2CC2(C(N)=O)c2ccccc2C#N)c1. The Labute approximate surface area is 134 Å². The number of amides is 1. The number of hydrogen-bond acceptors (Lipinski definition) is 3. The molecular formula is C19H15N3O. The molecule has 112 valence electrons. The molecular weight excluding hydrogens is 286 g/mol. The molecule has 2 unspecified atom stereocenters. The van der Waals surface area contributed by atoms with Gasteiger partial charge in [0.1, 0.15) is 0 Å². The smallest absolute Gasteiger partial charge is 0.228 e. The van der Waals surface area contributed by atoms with E-state index < -0.39 is 5.41 Å². The van der Waals surface area contributed by atoms with Crippen LogP contribution in [0.15, 0.2) is 48.5 Å². The molecule has 1 fully saturated rings. The molecule has 3 rings (SSSR count). The van der Waals surface area contributed by atoms with Crippen molar-refractivity contribution in [2.45, 2.75) is 18.3 Å². The number of nitrogens with zero attached hydrogens (tertiary/aromatic N) is 2. The maximum atomic E-state index is 12.1. The van der Waals surface area contributed by atoms with Crippen molar-refractivity contribution in [1.29, 1.82) is 10.5 Å². The molecule has 0 heterocycles. The van der Waals surface area contributed by atoms with Crippen molar-refractivity contribution in [1.82, 2.24) is 0 Å². The first-order valence-corrected chi connectivity index (χ1v) is 7.40. The Kier molecular flexibility index (Phi) is 3.60. The molecule has 1 aliphatic carbocycles. The lowest BCUT2D eigenvalue weighted by atomic mass is 9.87. The molecule has 0 bridgehead atoms. The normalized spacial score (nSPS) is 21.9. The van der Waals surface area contributed by atoms with Crippen LogP contribution in [-0.4, -0.2) is 5.91 Å². The quantitative estimate of drug-likeness (QED) is 0.940. The van der Waals surface area contributed by atoms with Gasteiger partial charge in [-0.05, 0) is 48.1 Å². The van der Waals surface area contributed by atoms with Crippen molar-refractivity contribution in [3.05, 3.63) is 70.8 Å². The summed E-state index contributed by atoms with van der Waals surface area (Å²) in [6.07, 6.45) is 1.30. The van der Waals surface area contributed by atoms with Crippen LogP contribution in [0.5, 0.6) is 0 Å². The van der Waals surface area contributed by atoms with E-state index in [1.807, 2.05) is 30.3 Å². The standard InChI is InChI=1S/C19H15N3O/c20-11-14-5-3-4-13(8-14)9-16-10-19(16,18(22)23)17-7-2-1-6-15(17)12-21/h1-8,16H,9-10H2,(H2,22,23). The number of nitrogens with two attached hydrogens (primary N) is 1. The second kappa shape index (κ2) is 5.59. The monoisotopic (exact) mass is 301 g/mol. The second-order valence-corrected chi connectivity index (χ2v) is 5.91. The predicted molar refractivity (Wildman–Crippen MR) is 85.0 cm³/mol. The predicted octanol–water partition coefficient (Wildman–Crippen LogP) is 2.42. The highest BCUT2D eigenvalue weighted by Gasteiger charge is 2.60. The summed E-state index contributed by atoms with van der Waals surface area (Å²) >= 11 is 0. The van der Waals surface area contributed by atoms with Crippen LogP contribution in [0.3, 0.4) is 0 Å². The number of nitriles is 2. The zero-order chi connectivity index (χ0) is 16.4. The Morgan fingerprint density at radius 3 is 2.65 bits per heavy atom. The van der Waals surface area contributed by atoms with Crippen LogP contribution in [-0.2, 0) is 16.6 Å². The molecule has 0 spiro atoms. The highest BCUT2D eigenvalue weighted by atomic mass is 16.1. The molecule has 2 atom stereocenters. The minimum Gasteiger partial charge on any atom is -0.369 e. The largest absolute Gasteiger partial charge is 0.369 e. The maximum absolute atomic E-state index is 12.1. The van der Waals surface area contributed by atoms with Crippen LogP contribution in [0.2, 0.25) is 0 Å². The second-order valence-electron chi connectivity index (χ2n) is 5.91. The van der Waals surface area contributed by atoms with Gasteiger partial charge in [-0.25, -0.2) is 0 Å². The summed E-state index contributed by atoms with van der Waals surface area (Å²) in [5.41, 5.74) is 7.75. The van der Waals surface area contributed by atoms with E-state index in [0.717, 1.165) is 11.1 Å². The van der Waals surface area contributed by atoms with Crippen molar-refractivity contribution in [3.8, 4) is 12.1 Å². The Morgan fingerprint density at radius 1 is 1.17 bits per heavy atom. The summed E-state index contributed by atoms with van der Waals surface area (Å²) in [6, 6.07) is 18.8. The minimum absolute atomic E-state index is 0.0587. The summed E-state index contributed by atoms with van der Waals surface area (Å²) < 4.78 is 0. The molecule has 2 aromatic rings. The number of rotatable bonds is 4. The van der Waals surface area contributed by atoms with Crippen LogP contribution in [0.1, 0.15) is 28.7 Å². The van der Waals surface area contributed by atoms with Crippen molar-refractivity contribution in [3.63, 3.8) is 0 Å². The lowest BCUT2D eigenvalue weighted by Crippen LogP contribution is -2.31. The van der Waals surface area contributed by atoms with E-state index in [1.165, 1.54) is 0 Å². The molecule has 2 aromatic carbocycles. The first-order chi connectivity index (χ1) is 11.1. The molecule has 23 heavy (non-hydrogen) atoms. The molecule has 4 nitrogen and oxygen atoms in total. The van der Waals surface area contributed by atoms with Gasteiger partial charge in [0.15, 0.2) is 0 Å². The van der Waals surface area contributed by atoms with Crippen LogP contribution in [0.4, 0.5) is 0 Å². The van der Waals surface area contributed by atoms with Crippen LogP contribution in [0.25, 0.3) is 0 Å². The average Bonchev–Trinajstić information content (AvgIpc) is 3.30. The van der Waals surface area contributed by atoms with E-state index in [1.54, 1.807) is 18.2 Å². The molecule has 0 saturated heterocycles. The van der Waals surface area contributed by atoms with E-state index in [4.69, 9.17) is 11.0 Å². The van der Waals surface area contributed by atoms with Gasteiger partial charge in [-0.15, -0.1) is 0 Å². The number of carbonyl (C=O) groups is 1. The lowest BCUT2D eigenvalue weighted by molar-refractivity contribution is -0.120. The fraction of sp³-hybridized carbons (Fsp3) is 0.211. The summed E-state index contributed by atoms with van der Waals surface area (Å²) in [7, 11) is 0. The fourth-order valence-electron chi connectivity index (χ4n) is 3.36. The molecule has 0 radical (unpaired) electrons. The first kappa shape index (κ1) is 14.8. The highest BCUT2D eigenvalue weighted by molar-refractivity contribution is 5.91. The third-order valence-electron chi connectivity index (χ3n) is 4.61. The van der Waals surface area contributed by atoms with Crippen molar-refractivity contribution >= 4 is 5.91 Å². The Morgan fingerprint density at radius 2 is 1.96 bits per heavy atom. The van der Waals surface area contributed by atoms with Gasteiger partial charge in [-0.3, -0.25) is 4.79 Å². The molecule has 1 aliphatic rings. The van der Waals surface area contributed by atoms with Gasteiger partial charge >= 0.3 is 0 Å². The van der Waals surface area contributed by atoms with Gasteiger partial charge in [-0.1, -0.05) is 30.3 Å². The maximum Gasteiger partial charge on any atom is 0.228 e. The molecule has 0 aliphatic heterocycles. The van der Waals surface area contributed by atoms with Gasteiger partial charge in [0, 0.05) is 0 Å². The van der Waals surface area contributed by atoms with Gasteiger partial charge < -0.3 is 5.73 Å². The van der Waals surface area contributed by atoms with Gasteiger partial charge in [-0.2, -0.15) is 10.5 Å². The van der Waals surface area contributed by atoms with Crippen LogP contribution in [0, 0.1) is 28.6 Å². The van der Waals surface area contributed by atoms with Crippen molar-refractivity contribution < 1.29 is 4.79 Å². The van der Waals surface area contributed by atoms with Crippen LogP contribution < -0.4 is 5.73 Å². The lowest BCUT2D eigenvalue weighted by Gasteiger charge is -2.16. The van der Waals surface area contributed by atoms with Crippen LogP contribution >= 0.6 is 0 Å². The molecule has 4 heteroatoms. The molecule has 1 saturated carbocycles. The summed E-state index contributed by atoms with van der Waals surface area (Å²) in [5.74, 6) is -0.329. The number of benzene rings is 2. The molecule has 1 amide bonds. The molecule has 0 aromatic heterocycles. The van der Waals surface area contributed by atoms with Gasteiger partial charge in [0.2, 0.25) is 5.91 Å². The van der Waals surface area contributed by atoms with E-state index in [2.05, 4.69) is 12.1 Å². The zero-order valence-electron chi connectivity index (χ0n) is 12.5. The Balaban J connectivity index is 1.93. The zero-order valence-corrected chi connectivity index (χ0v) is 12.5. The Hall–Kier alpha value is -3.11. The van der Waals surface area contributed by atoms with Gasteiger partial charge in [0.05, 0.1) is 28.7 Å². The van der Waals surface area contributed by atoms with E-state index in [0.29, 0.717) is 24.0 Å². The van der Waals surface area contributed by atoms with Crippen molar-refractivity contribution in [2.75, 3.05) is 0 Å². The van der Waals surface area contributed by atoms with Gasteiger partial charge in [0.25, 0.3) is 0 Å². The van der Waals surface area contributed by atoms with E-state index >= 15 is 0 Å². The summed E-state index contributed by atoms with van der Waals surface area (Å²) in [6.45, 7) is 0. The Bertz CT molecular complexity index is 859. The van der Waals surface area contributed by atoms with E-state index in [-0.39, 0.29) is 11.8 Å². The fourth-order valence-corrected chi connectivity index (χ4v) is 3.36. The third-order valence-corrected chi connectivity index (χ3v) is 4.61. The number of primary amides is 1. The number of carbonyl (C=O) groups excluding carboxylic acids is 1. The van der Waals surface area contributed by atoms with Crippen molar-refractivity contribution in [2.24, 2.45) is 11.7 Å². The topological polar surface area (TPSA) is 90.7 Å². The highest BCUT2D eigenvalue weighted by Crippen LogP contribution is 2.56. The first-order valence-electron chi connectivity index (χ1n) is 7.40. The number of hydrogen-bond donors (Lipinski definition) is 1. The minimum atomic E-state index is -0.769. The third kappa shape index (κ3) is 2.45. The average molecular weight is 301 g/mol. The summed E-state index contributed by atoms with van der Waals surface area (Å²) in [5, 5.41) is 18.3. The molecule has 2 N–H and O–H groups in total.